The maximum absolute atomic E-state index is 12.1. The maximum atomic E-state index is 12.1. The molecule has 0 aliphatic heterocycles. The van der Waals surface area contributed by atoms with Crippen LogP contribution in [0.25, 0.3) is 0 Å². The van der Waals surface area contributed by atoms with E-state index in [1.165, 1.54) is 23.9 Å². The van der Waals surface area contributed by atoms with Gasteiger partial charge in [0, 0.05) is 12.3 Å². The fraction of sp³-hybridized carbons (Fsp3) is 0.333. The quantitative estimate of drug-likeness (QED) is 0.232. The minimum atomic E-state index is -0.772. The largest absolute Gasteiger partial charge is 0.454 e. The highest BCUT2D eigenvalue weighted by Gasteiger charge is 2.19. The molecule has 26 heavy (non-hydrogen) atoms. The monoisotopic (exact) mass is 376 g/mol. The number of thioether (sulfide) groups is 1. The average molecular weight is 376 g/mol. The Bertz CT molecular complexity index is 787. The molecule has 0 aliphatic rings. The number of aromatic amines is 1. The summed E-state index contributed by atoms with van der Waals surface area (Å²) in [5.41, 5.74) is 0.244. The second-order valence-electron chi connectivity index (χ2n) is 6.05. The first-order valence-electron chi connectivity index (χ1n) is 8.13. The van der Waals surface area contributed by atoms with Crippen LogP contribution >= 0.6 is 11.8 Å². The molecule has 8 heteroatoms. The van der Waals surface area contributed by atoms with Gasteiger partial charge in [-0.3, -0.25) is 14.9 Å². The van der Waals surface area contributed by atoms with Crippen LogP contribution in [-0.2, 0) is 4.74 Å². The summed E-state index contributed by atoms with van der Waals surface area (Å²) in [6, 6.07) is 7.45. The van der Waals surface area contributed by atoms with Crippen molar-refractivity contribution in [2.75, 3.05) is 12.4 Å². The van der Waals surface area contributed by atoms with Crippen molar-refractivity contribution >= 4 is 29.2 Å². The number of aromatic nitrogens is 1. The first kappa shape index (κ1) is 19.7. The lowest BCUT2D eigenvalue weighted by atomic mass is 10.2. The molecule has 138 valence electrons. The Balaban J connectivity index is 2.04. The minimum Gasteiger partial charge on any atom is -0.454 e. The molecule has 0 radical (unpaired) electrons. The molecule has 0 unspecified atom stereocenters. The van der Waals surface area contributed by atoms with Gasteiger partial charge < -0.3 is 9.72 Å². The smallest absolute Gasteiger partial charge is 0.338 e. The lowest BCUT2D eigenvalue weighted by Crippen LogP contribution is -2.14. The zero-order valence-corrected chi connectivity index (χ0v) is 15.4. The molecule has 0 aliphatic carbocycles. The fourth-order valence-corrected chi connectivity index (χ4v) is 3.36. The highest BCUT2D eigenvalue weighted by Crippen LogP contribution is 2.31. The number of H-pyrrole nitrogens is 1. The number of carbonyl (C=O) groups excluding carboxylic acids is 2. The van der Waals surface area contributed by atoms with Gasteiger partial charge in [0.05, 0.1) is 21.1 Å². The molecule has 1 aromatic heterocycles. The van der Waals surface area contributed by atoms with E-state index in [0.717, 1.165) is 12.2 Å². The van der Waals surface area contributed by atoms with Crippen LogP contribution in [0.4, 0.5) is 5.69 Å². The summed E-state index contributed by atoms with van der Waals surface area (Å²) >= 11 is 1.39. The van der Waals surface area contributed by atoms with Crippen molar-refractivity contribution in [1.29, 1.82) is 0 Å². The van der Waals surface area contributed by atoms with E-state index in [1.807, 2.05) is 0 Å². The Morgan fingerprint density at radius 1 is 1.31 bits per heavy atom. The highest BCUT2D eigenvalue weighted by molar-refractivity contribution is 7.99. The highest BCUT2D eigenvalue weighted by atomic mass is 32.2. The molecule has 0 saturated carbocycles. The second-order valence-corrected chi connectivity index (χ2v) is 7.19. The van der Waals surface area contributed by atoms with Gasteiger partial charge in [0.1, 0.15) is 0 Å². The number of benzene rings is 1. The summed E-state index contributed by atoms with van der Waals surface area (Å²) in [5, 5.41) is 11.3. The first-order chi connectivity index (χ1) is 12.4. The molecule has 2 rings (SSSR count). The summed E-state index contributed by atoms with van der Waals surface area (Å²) in [4.78, 5) is 37.9. The number of hydrogen-bond donors (Lipinski definition) is 1. The molecule has 0 amide bonds. The van der Waals surface area contributed by atoms with Crippen LogP contribution in [0.2, 0.25) is 0 Å². The van der Waals surface area contributed by atoms with Gasteiger partial charge in [-0.1, -0.05) is 13.8 Å². The summed E-state index contributed by atoms with van der Waals surface area (Å²) < 4.78 is 4.96. The molecule has 0 saturated heterocycles. The van der Waals surface area contributed by atoms with Crippen LogP contribution < -0.4 is 0 Å². The number of nitrogens with one attached hydrogen (secondary N) is 1. The van der Waals surface area contributed by atoms with Crippen LogP contribution in [0.3, 0.4) is 0 Å². The number of nitro benzene ring substituents is 1. The Labute approximate surface area is 155 Å². The van der Waals surface area contributed by atoms with Crippen molar-refractivity contribution in [2.45, 2.75) is 25.2 Å². The molecular weight excluding hydrogens is 356 g/mol. The molecule has 0 atom stereocenters. The summed E-state index contributed by atoms with van der Waals surface area (Å²) in [7, 11) is 0. The van der Waals surface area contributed by atoms with Crippen molar-refractivity contribution in [2.24, 2.45) is 5.92 Å². The lowest BCUT2D eigenvalue weighted by Gasteiger charge is -2.07. The Kier molecular flexibility index (Phi) is 6.97. The standard InChI is InChI=1S/C18H20N2O5S/c1-12(2)7-9-26-17-6-5-13(10-15(17)20(23)24)18(22)25-11-16(21)14-4-3-8-19-14/h3-6,8,10,12,19H,7,9,11H2,1-2H3. The SMILES string of the molecule is CC(C)CCSc1ccc(C(=O)OCC(=O)c2ccc[nH]2)cc1[N+](=O)[O-]. The first-order valence-corrected chi connectivity index (χ1v) is 9.12. The molecule has 0 fully saturated rings. The third kappa shape index (κ3) is 5.45. The van der Waals surface area contributed by atoms with Crippen LogP contribution in [-0.4, -0.2) is 34.0 Å². The predicted molar refractivity (Wildman–Crippen MR) is 98.7 cm³/mol. The number of carbonyl (C=O) groups is 2. The van der Waals surface area contributed by atoms with Crippen LogP contribution in [0.15, 0.2) is 41.4 Å². The van der Waals surface area contributed by atoms with E-state index in [-0.39, 0.29) is 17.0 Å². The van der Waals surface area contributed by atoms with Crippen molar-refractivity contribution in [3.8, 4) is 0 Å². The zero-order valence-electron chi connectivity index (χ0n) is 14.6. The summed E-state index contributed by atoms with van der Waals surface area (Å²) in [6.07, 6.45) is 2.53. The van der Waals surface area contributed by atoms with Gasteiger partial charge >= 0.3 is 5.97 Å². The van der Waals surface area contributed by atoms with Gasteiger partial charge in [-0.25, -0.2) is 4.79 Å². The third-order valence-corrected chi connectivity index (χ3v) is 4.67. The van der Waals surface area contributed by atoms with Crippen molar-refractivity contribution in [1.82, 2.24) is 4.98 Å². The van der Waals surface area contributed by atoms with E-state index >= 15 is 0 Å². The van der Waals surface area contributed by atoms with E-state index < -0.39 is 17.5 Å². The normalized spacial score (nSPS) is 10.7. The number of ether oxygens (including phenoxy) is 1. The lowest BCUT2D eigenvalue weighted by molar-refractivity contribution is -0.387. The number of Topliss-reactive ketones (excluding diaryl/α,β-unsaturated/α-hetero) is 1. The van der Waals surface area contributed by atoms with E-state index in [4.69, 9.17) is 4.74 Å². The number of esters is 1. The molecule has 1 N–H and O–H groups in total. The van der Waals surface area contributed by atoms with Crippen LogP contribution in [0.5, 0.6) is 0 Å². The molecule has 0 spiro atoms. The van der Waals surface area contributed by atoms with Crippen molar-refractivity contribution in [3.05, 3.63) is 57.9 Å². The molecule has 1 heterocycles. The number of nitro groups is 1. The fourth-order valence-electron chi connectivity index (χ4n) is 2.11. The average Bonchev–Trinajstić information content (AvgIpc) is 3.13. The topological polar surface area (TPSA) is 102 Å². The molecular formula is C18H20N2O5S. The van der Waals surface area contributed by atoms with Gasteiger partial charge in [-0.15, -0.1) is 11.8 Å². The molecule has 7 nitrogen and oxygen atoms in total. The van der Waals surface area contributed by atoms with E-state index in [1.54, 1.807) is 24.4 Å². The van der Waals surface area contributed by atoms with Gasteiger partial charge in [0.15, 0.2) is 6.61 Å². The number of nitrogens with zero attached hydrogens (tertiary/aromatic N) is 1. The Morgan fingerprint density at radius 2 is 2.08 bits per heavy atom. The van der Waals surface area contributed by atoms with Crippen LogP contribution in [0.1, 0.15) is 41.1 Å². The Morgan fingerprint density at radius 3 is 2.69 bits per heavy atom. The molecule has 1 aromatic carbocycles. The molecule has 0 bridgehead atoms. The van der Waals surface area contributed by atoms with Gasteiger partial charge in [0.2, 0.25) is 5.78 Å². The van der Waals surface area contributed by atoms with E-state index in [9.17, 15) is 19.7 Å². The summed E-state index contributed by atoms with van der Waals surface area (Å²) in [6.45, 7) is 3.74. The summed E-state index contributed by atoms with van der Waals surface area (Å²) in [5.74, 6) is 0.117. The van der Waals surface area contributed by atoms with Crippen molar-refractivity contribution in [3.63, 3.8) is 0 Å². The number of rotatable bonds is 9. The minimum absolute atomic E-state index is 0.0456. The third-order valence-electron chi connectivity index (χ3n) is 3.58. The van der Waals surface area contributed by atoms with Gasteiger partial charge in [0.25, 0.3) is 5.69 Å². The second kappa shape index (κ2) is 9.19. The zero-order chi connectivity index (χ0) is 19.1. The van der Waals surface area contributed by atoms with Gasteiger partial charge in [-0.2, -0.15) is 0 Å². The van der Waals surface area contributed by atoms with E-state index in [2.05, 4.69) is 18.8 Å². The van der Waals surface area contributed by atoms with Crippen LogP contribution in [0, 0.1) is 16.0 Å². The van der Waals surface area contributed by atoms with Gasteiger partial charge in [-0.05, 0) is 42.4 Å². The number of ketones is 1. The predicted octanol–water partition coefficient (Wildman–Crippen LogP) is 4.10. The van der Waals surface area contributed by atoms with E-state index in [0.29, 0.717) is 16.5 Å². The molecule has 2 aromatic rings. The Hall–Kier alpha value is -2.61. The maximum Gasteiger partial charge on any atom is 0.338 e. The van der Waals surface area contributed by atoms with Crippen molar-refractivity contribution < 1.29 is 19.2 Å². The number of hydrogen-bond acceptors (Lipinski definition) is 6.